The van der Waals surface area contributed by atoms with Crippen LogP contribution in [0.5, 0.6) is 0 Å². The standard InChI is InChI=1S/C17H25NO4/c1-12(2)8-9-17(3,22)11-18-15(19)10-13-4-6-14(7-5-13)16(20)21/h4-7,12,22H,8-11H2,1-3H3,(H,18,19)(H,20,21). The minimum absolute atomic E-state index is 0.167. The Bertz CT molecular complexity index is 506. The van der Waals surface area contributed by atoms with Crippen molar-refractivity contribution in [2.45, 2.75) is 45.6 Å². The first-order valence-electron chi connectivity index (χ1n) is 7.51. The molecule has 0 aliphatic heterocycles. The molecule has 122 valence electrons. The van der Waals surface area contributed by atoms with Crippen molar-refractivity contribution in [1.29, 1.82) is 0 Å². The van der Waals surface area contributed by atoms with Gasteiger partial charge in [-0.15, -0.1) is 0 Å². The molecule has 0 spiro atoms. The number of rotatable bonds is 8. The van der Waals surface area contributed by atoms with Gasteiger partial charge in [-0.25, -0.2) is 4.79 Å². The number of benzene rings is 1. The van der Waals surface area contributed by atoms with Crippen LogP contribution >= 0.6 is 0 Å². The fraction of sp³-hybridized carbons (Fsp3) is 0.529. The number of nitrogens with one attached hydrogen (secondary N) is 1. The predicted octanol–water partition coefficient (Wildman–Crippen LogP) is 2.23. The lowest BCUT2D eigenvalue weighted by molar-refractivity contribution is -0.121. The molecule has 5 nitrogen and oxygen atoms in total. The molecule has 1 aromatic carbocycles. The summed E-state index contributed by atoms with van der Waals surface area (Å²) in [6.45, 7) is 6.12. The molecule has 1 atom stereocenters. The first-order chi connectivity index (χ1) is 10.2. The van der Waals surface area contributed by atoms with Gasteiger partial charge in [-0.2, -0.15) is 0 Å². The van der Waals surface area contributed by atoms with Crippen LogP contribution in [0.25, 0.3) is 0 Å². The van der Waals surface area contributed by atoms with Crippen molar-refractivity contribution in [2.24, 2.45) is 5.92 Å². The molecule has 0 aliphatic carbocycles. The van der Waals surface area contributed by atoms with Gasteiger partial charge < -0.3 is 15.5 Å². The highest BCUT2D eigenvalue weighted by Gasteiger charge is 2.21. The van der Waals surface area contributed by atoms with Crippen molar-refractivity contribution in [3.8, 4) is 0 Å². The van der Waals surface area contributed by atoms with E-state index in [0.717, 1.165) is 12.0 Å². The topological polar surface area (TPSA) is 86.6 Å². The van der Waals surface area contributed by atoms with Crippen LogP contribution in [0.15, 0.2) is 24.3 Å². The average Bonchev–Trinajstić information content (AvgIpc) is 2.44. The molecule has 1 rings (SSSR count). The van der Waals surface area contributed by atoms with E-state index in [4.69, 9.17) is 5.11 Å². The highest BCUT2D eigenvalue weighted by Crippen LogP contribution is 2.15. The highest BCUT2D eigenvalue weighted by atomic mass is 16.4. The second-order valence-electron chi connectivity index (χ2n) is 6.39. The van der Waals surface area contributed by atoms with E-state index in [0.29, 0.717) is 12.3 Å². The van der Waals surface area contributed by atoms with Crippen LogP contribution in [0.2, 0.25) is 0 Å². The normalized spacial score (nSPS) is 13.7. The van der Waals surface area contributed by atoms with E-state index < -0.39 is 11.6 Å². The zero-order valence-electron chi connectivity index (χ0n) is 13.4. The number of hydrogen-bond donors (Lipinski definition) is 3. The summed E-state index contributed by atoms with van der Waals surface area (Å²) in [4.78, 5) is 22.6. The molecule has 0 saturated heterocycles. The summed E-state index contributed by atoms with van der Waals surface area (Å²) in [6, 6.07) is 6.20. The lowest BCUT2D eigenvalue weighted by Crippen LogP contribution is -2.41. The fourth-order valence-electron chi connectivity index (χ4n) is 1.99. The van der Waals surface area contributed by atoms with Crippen LogP contribution in [0.1, 0.15) is 49.5 Å². The van der Waals surface area contributed by atoms with E-state index >= 15 is 0 Å². The number of carbonyl (C=O) groups is 2. The van der Waals surface area contributed by atoms with E-state index in [1.165, 1.54) is 12.1 Å². The zero-order chi connectivity index (χ0) is 16.8. The zero-order valence-corrected chi connectivity index (χ0v) is 13.4. The van der Waals surface area contributed by atoms with Crippen LogP contribution in [0.3, 0.4) is 0 Å². The molecule has 0 bridgehead atoms. The molecule has 5 heteroatoms. The second kappa shape index (κ2) is 7.94. The Balaban J connectivity index is 2.44. The number of aliphatic hydroxyl groups is 1. The summed E-state index contributed by atoms with van der Waals surface area (Å²) >= 11 is 0. The van der Waals surface area contributed by atoms with E-state index in [9.17, 15) is 14.7 Å². The van der Waals surface area contributed by atoms with E-state index in [-0.39, 0.29) is 24.4 Å². The van der Waals surface area contributed by atoms with E-state index in [2.05, 4.69) is 19.2 Å². The van der Waals surface area contributed by atoms with Crippen molar-refractivity contribution in [1.82, 2.24) is 5.32 Å². The van der Waals surface area contributed by atoms with Crippen LogP contribution in [-0.4, -0.2) is 34.2 Å². The quantitative estimate of drug-likeness (QED) is 0.687. The van der Waals surface area contributed by atoms with Gasteiger partial charge in [-0.05, 0) is 43.4 Å². The van der Waals surface area contributed by atoms with Gasteiger partial charge in [0.2, 0.25) is 5.91 Å². The summed E-state index contributed by atoms with van der Waals surface area (Å²) in [5.41, 5.74) is 0.0256. The maximum atomic E-state index is 11.9. The minimum atomic E-state index is -0.989. The Labute approximate surface area is 131 Å². The Morgan fingerprint density at radius 1 is 1.23 bits per heavy atom. The second-order valence-corrected chi connectivity index (χ2v) is 6.39. The summed E-state index contributed by atoms with van der Waals surface area (Å²) in [7, 11) is 0. The van der Waals surface area contributed by atoms with Crippen molar-refractivity contribution in [3.63, 3.8) is 0 Å². The lowest BCUT2D eigenvalue weighted by Gasteiger charge is -2.24. The first-order valence-corrected chi connectivity index (χ1v) is 7.51. The Hall–Kier alpha value is -1.88. The summed E-state index contributed by atoms with van der Waals surface area (Å²) < 4.78 is 0. The first kappa shape index (κ1) is 18.2. The molecule has 0 radical (unpaired) electrons. The minimum Gasteiger partial charge on any atom is -0.478 e. The van der Waals surface area contributed by atoms with Gasteiger partial charge in [-0.1, -0.05) is 26.0 Å². The largest absolute Gasteiger partial charge is 0.478 e. The SMILES string of the molecule is CC(C)CCC(C)(O)CNC(=O)Cc1ccc(C(=O)O)cc1. The third kappa shape index (κ3) is 6.72. The van der Waals surface area contributed by atoms with Gasteiger partial charge in [0.1, 0.15) is 0 Å². The van der Waals surface area contributed by atoms with Gasteiger partial charge in [0.05, 0.1) is 17.6 Å². The van der Waals surface area contributed by atoms with Crippen molar-refractivity contribution < 1.29 is 19.8 Å². The number of carboxylic acids is 1. The van der Waals surface area contributed by atoms with Gasteiger partial charge in [0, 0.05) is 6.54 Å². The average molecular weight is 307 g/mol. The third-order valence-corrected chi connectivity index (χ3v) is 3.49. The van der Waals surface area contributed by atoms with Gasteiger partial charge in [0.15, 0.2) is 0 Å². The van der Waals surface area contributed by atoms with Gasteiger partial charge >= 0.3 is 5.97 Å². The fourth-order valence-corrected chi connectivity index (χ4v) is 1.99. The van der Waals surface area contributed by atoms with Crippen LogP contribution in [0.4, 0.5) is 0 Å². The van der Waals surface area contributed by atoms with Crippen LogP contribution < -0.4 is 5.32 Å². The number of carboxylic acid groups (broad SMARTS) is 1. The van der Waals surface area contributed by atoms with Crippen LogP contribution in [-0.2, 0) is 11.2 Å². The summed E-state index contributed by atoms with van der Waals surface area (Å²) in [5, 5.41) is 21.7. The molecule has 0 aliphatic rings. The molecule has 1 aromatic rings. The molecule has 3 N–H and O–H groups in total. The summed E-state index contributed by atoms with van der Waals surface area (Å²) in [6.07, 6.45) is 1.71. The molecule has 0 fully saturated rings. The highest BCUT2D eigenvalue weighted by molar-refractivity contribution is 5.87. The predicted molar refractivity (Wildman–Crippen MR) is 84.8 cm³/mol. The van der Waals surface area contributed by atoms with Gasteiger partial charge in [-0.3, -0.25) is 4.79 Å². The van der Waals surface area contributed by atoms with Crippen molar-refractivity contribution >= 4 is 11.9 Å². The molecular weight excluding hydrogens is 282 g/mol. The van der Waals surface area contributed by atoms with Crippen LogP contribution in [0, 0.1) is 5.92 Å². The molecule has 1 amide bonds. The van der Waals surface area contributed by atoms with E-state index in [1.54, 1.807) is 19.1 Å². The molecule has 1 unspecified atom stereocenters. The summed E-state index contributed by atoms with van der Waals surface area (Å²) in [5.74, 6) is -0.667. The molecule has 0 aromatic heterocycles. The molecule has 0 saturated carbocycles. The number of hydrogen-bond acceptors (Lipinski definition) is 3. The smallest absolute Gasteiger partial charge is 0.335 e. The van der Waals surface area contributed by atoms with E-state index in [1.807, 2.05) is 0 Å². The Morgan fingerprint density at radius 3 is 2.32 bits per heavy atom. The Morgan fingerprint density at radius 2 is 1.82 bits per heavy atom. The van der Waals surface area contributed by atoms with Crippen molar-refractivity contribution in [3.05, 3.63) is 35.4 Å². The molecular formula is C17H25NO4. The van der Waals surface area contributed by atoms with Crippen molar-refractivity contribution in [2.75, 3.05) is 6.54 Å². The third-order valence-electron chi connectivity index (χ3n) is 3.49. The number of carbonyl (C=O) groups excluding carboxylic acids is 1. The number of amides is 1. The Kier molecular flexibility index (Phi) is 6.56. The maximum absolute atomic E-state index is 11.9. The maximum Gasteiger partial charge on any atom is 0.335 e. The molecule has 0 heterocycles. The lowest BCUT2D eigenvalue weighted by atomic mass is 9.95. The van der Waals surface area contributed by atoms with Gasteiger partial charge in [0.25, 0.3) is 0 Å². The number of aromatic carboxylic acids is 1. The monoisotopic (exact) mass is 307 g/mol. The molecule has 22 heavy (non-hydrogen) atoms.